The van der Waals surface area contributed by atoms with Crippen molar-refractivity contribution in [3.8, 4) is 56.4 Å². The van der Waals surface area contributed by atoms with Crippen molar-refractivity contribution in [2.24, 2.45) is 0 Å². The number of hydrogen-bond acceptors (Lipinski definition) is 4. The van der Waals surface area contributed by atoms with E-state index in [0.29, 0.717) is 56.2 Å². The van der Waals surface area contributed by atoms with Crippen LogP contribution in [0, 0.1) is 0 Å². The zero-order valence-electron chi connectivity index (χ0n) is 37.6. The normalized spacial score (nSPS) is 14.5. The van der Waals surface area contributed by atoms with Crippen molar-refractivity contribution >= 4 is 43.5 Å². The van der Waals surface area contributed by atoms with Gasteiger partial charge in [0.05, 0.1) is 15.1 Å². The first-order valence-electron chi connectivity index (χ1n) is 21.7. The van der Waals surface area contributed by atoms with Crippen LogP contribution < -0.4 is 0 Å². The Kier molecular flexibility index (Phi) is 4.65. The topological polar surface area (TPSA) is 51.8 Å². The molecule has 0 saturated heterocycles. The van der Waals surface area contributed by atoms with Crippen molar-refractivity contribution in [2.75, 3.05) is 0 Å². The molecule has 51 heavy (non-hydrogen) atoms. The third-order valence-corrected chi connectivity index (χ3v) is 8.95. The minimum Gasteiger partial charge on any atom is -0.456 e. The number of benzene rings is 8. The third-order valence-electron chi connectivity index (χ3n) is 8.95. The zero-order valence-corrected chi connectivity index (χ0v) is 26.6. The molecule has 0 aliphatic heterocycles. The Hall–Kier alpha value is -6.91. The van der Waals surface area contributed by atoms with Crippen molar-refractivity contribution in [1.82, 2.24) is 15.0 Å². The smallest absolute Gasteiger partial charge is 0.164 e. The lowest BCUT2D eigenvalue weighted by Crippen LogP contribution is -2.01. The van der Waals surface area contributed by atoms with Gasteiger partial charge in [0.1, 0.15) is 11.2 Å². The maximum absolute atomic E-state index is 8.83. The molecular formula is C47H29N3O. The summed E-state index contributed by atoms with van der Waals surface area (Å²) in [5.41, 5.74) is 4.34. The van der Waals surface area contributed by atoms with Crippen LogP contribution in [0.5, 0.6) is 0 Å². The summed E-state index contributed by atoms with van der Waals surface area (Å²) in [6.07, 6.45) is 0. The van der Waals surface area contributed by atoms with Crippen LogP contribution in [0.4, 0.5) is 0 Å². The maximum Gasteiger partial charge on any atom is 0.164 e. The predicted molar refractivity (Wildman–Crippen MR) is 209 cm³/mol. The molecule has 0 bridgehead atoms. The second-order valence-corrected chi connectivity index (χ2v) is 12.0. The number of para-hydroxylation sites is 1. The van der Waals surface area contributed by atoms with E-state index in [0.717, 1.165) is 21.5 Å². The summed E-state index contributed by atoms with van der Waals surface area (Å²) in [6, 6.07) is 28.8. The fourth-order valence-corrected chi connectivity index (χ4v) is 6.53. The van der Waals surface area contributed by atoms with Gasteiger partial charge in [0.2, 0.25) is 0 Å². The summed E-state index contributed by atoms with van der Waals surface area (Å²) in [4.78, 5) is 15.0. The van der Waals surface area contributed by atoms with Gasteiger partial charge >= 0.3 is 0 Å². The number of rotatable bonds is 5. The average Bonchev–Trinajstić information content (AvgIpc) is 3.68. The summed E-state index contributed by atoms with van der Waals surface area (Å²) in [5, 5.41) is 3.39. The molecule has 0 aliphatic carbocycles. The van der Waals surface area contributed by atoms with E-state index >= 15 is 0 Å². The molecule has 0 radical (unpaired) electrons. The number of fused-ring (bicyclic) bond motifs is 5. The van der Waals surface area contributed by atoms with Crippen LogP contribution in [-0.2, 0) is 0 Å². The molecule has 2 aromatic heterocycles. The minimum absolute atomic E-state index is 0.000557. The van der Waals surface area contributed by atoms with Gasteiger partial charge in [-0.1, -0.05) is 145 Å². The Bertz CT molecular complexity index is 3540. The molecule has 0 amide bonds. The second-order valence-electron chi connectivity index (χ2n) is 12.0. The summed E-state index contributed by atoms with van der Waals surface area (Å²) >= 11 is 0. The number of nitrogens with zero attached hydrogens (tertiary/aromatic N) is 3. The van der Waals surface area contributed by atoms with E-state index < -0.39 is 30.2 Å². The van der Waals surface area contributed by atoms with Gasteiger partial charge < -0.3 is 4.42 Å². The van der Waals surface area contributed by atoms with E-state index in [-0.39, 0.29) is 58.4 Å². The average molecular weight is 663 g/mol. The first-order chi connectivity index (χ1) is 29.8. The van der Waals surface area contributed by atoms with Gasteiger partial charge in [0.25, 0.3) is 0 Å². The van der Waals surface area contributed by atoms with Gasteiger partial charge in [-0.05, 0) is 74.1 Å². The molecule has 2 heterocycles. The first-order valence-corrected chi connectivity index (χ1v) is 16.2. The van der Waals surface area contributed by atoms with Crippen LogP contribution in [0.25, 0.3) is 99.9 Å². The van der Waals surface area contributed by atoms with E-state index in [2.05, 4.69) is 0 Å². The van der Waals surface area contributed by atoms with Crippen LogP contribution in [-0.4, -0.2) is 15.0 Å². The third kappa shape index (κ3) is 5.13. The van der Waals surface area contributed by atoms with E-state index in [9.17, 15) is 0 Å². The predicted octanol–water partition coefficient (Wildman–Crippen LogP) is 12.4. The molecule has 0 saturated carbocycles. The molecule has 0 spiro atoms. The Morgan fingerprint density at radius 1 is 0.392 bits per heavy atom. The summed E-state index contributed by atoms with van der Waals surface area (Å²) in [6.45, 7) is 0. The largest absolute Gasteiger partial charge is 0.456 e. The van der Waals surface area contributed by atoms with E-state index in [1.54, 1.807) is 36.4 Å². The highest BCUT2D eigenvalue weighted by molar-refractivity contribution is 6.11. The summed E-state index contributed by atoms with van der Waals surface area (Å²) in [5.74, 6) is 0.820. The van der Waals surface area contributed by atoms with E-state index in [1.807, 2.05) is 72.8 Å². The van der Waals surface area contributed by atoms with Crippen molar-refractivity contribution < 1.29 is 19.5 Å². The maximum atomic E-state index is 8.83. The Morgan fingerprint density at radius 3 is 1.88 bits per heavy atom. The van der Waals surface area contributed by atoms with Gasteiger partial charge in [0.15, 0.2) is 17.5 Å². The van der Waals surface area contributed by atoms with Crippen molar-refractivity contribution in [3.63, 3.8) is 0 Å². The lowest BCUT2D eigenvalue weighted by molar-refractivity contribution is 0.669. The fraction of sp³-hybridized carbons (Fsp3) is 0. The van der Waals surface area contributed by atoms with Gasteiger partial charge in [-0.3, -0.25) is 0 Å². The van der Waals surface area contributed by atoms with E-state index in [1.165, 1.54) is 0 Å². The second kappa shape index (κ2) is 11.9. The van der Waals surface area contributed by atoms with Crippen LogP contribution >= 0.6 is 0 Å². The molecule has 0 unspecified atom stereocenters. The number of hydrogen-bond donors (Lipinski definition) is 0. The van der Waals surface area contributed by atoms with Gasteiger partial charge in [-0.25, -0.2) is 15.0 Å². The van der Waals surface area contributed by atoms with Crippen LogP contribution in [0.3, 0.4) is 0 Å². The molecule has 4 heteroatoms. The molecule has 238 valence electrons. The highest BCUT2D eigenvalue weighted by Gasteiger charge is 2.19. The molecule has 10 aromatic rings. The quantitative estimate of drug-likeness (QED) is 0.184. The van der Waals surface area contributed by atoms with Gasteiger partial charge in [-0.15, -0.1) is 0 Å². The standard InChI is InChI=1S/C47H29N3O/c1-2-12-31(13-3-1)38-15-6-7-16-39(38)46-48-45(49-47(50-46)41-18-10-20-43-44(41)40-17-8-9-19-42(40)51-43)37-26-25-35-28-34(23-24-36(35)29-37)33-22-21-30-11-4-5-14-32(30)27-33/h1-29H/i1D,2D,3D,4D,5D,11D,12D,13D,14D,21D,22D. The monoisotopic (exact) mass is 662 g/mol. The lowest BCUT2D eigenvalue weighted by Gasteiger charge is -2.13. The highest BCUT2D eigenvalue weighted by Crippen LogP contribution is 2.38. The molecule has 0 N–H and O–H groups in total. The van der Waals surface area contributed by atoms with Gasteiger partial charge in [-0.2, -0.15) is 0 Å². The van der Waals surface area contributed by atoms with Crippen LogP contribution in [0.1, 0.15) is 15.1 Å². The fourth-order valence-electron chi connectivity index (χ4n) is 6.53. The van der Waals surface area contributed by atoms with Crippen LogP contribution in [0.15, 0.2) is 180 Å². The summed E-state index contributed by atoms with van der Waals surface area (Å²) < 4.78 is 99.4. The molecule has 0 atom stereocenters. The molecule has 4 nitrogen and oxygen atoms in total. The zero-order chi connectivity index (χ0) is 43.3. The SMILES string of the molecule is [2H]c1c([2H])c([2H])c(-c2ccccc2-c2nc(-c3ccc4cc(-c5cc6c([2H])c([2H])c([2H])c([2H])c6c([2H])c5[2H])ccc4c3)nc(-c3cccc4oc5ccccc5c34)n2)c([2H])c1[2H]. The summed E-state index contributed by atoms with van der Waals surface area (Å²) in [7, 11) is 0. The molecule has 8 aromatic carbocycles. The Balaban J connectivity index is 1.17. The number of furan rings is 1. The molecule has 10 rings (SSSR count). The Labute approximate surface area is 309 Å². The van der Waals surface area contributed by atoms with E-state index in [4.69, 9.17) is 34.4 Å². The Morgan fingerprint density at radius 2 is 1.02 bits per heavy atom. The molecule has 0 fully saturated rings. The number of aromatic nitrogens is 3. The van der Waals surface area contributed by atoms with Gasteiger partial charge in [0, 0.05) is 27.5 Å². The molecular weight excluding hydrogens is 623 g/mol. The van der Waals surface area contributed by atoms with Crippen LogP contribution in [0.2, 0.25) is 0 Å². The highest BCUT2D eigenvalue weighted by atomic mass is 16.3. The lowest BCUT2D eigenvalue weighted by atomic mass is 9.97. The first kappa shape index (κ1) is 19.9. The van der Waals surface area contributed by atoms with Crippen molar-refractivity contribution in [3.05, 3.63) is 176 Å². The molecule has 0 aliphatic rings. The van der Waals surface area contributed by atoms with Crippen molar-refractivity contribution in [1.29, 1.82) is 0 Å². The minimum atomic E-state index is -0.496. The van der Waals surface area contributed by atoms with Crippen molar-refractivity contribution in [2.45, 2.75) is 0 Å².